The van der Waals surface area contributed by atoms with Crippen molar-refractivity contribution >= 4 is 0 Å². The molecule has 0 nitrogen and oxygen atoms in total. The lowest BCUT2D eigenvalue weighted by Gasteiger charge is -2.07. The summed E-state index contributed by atoms with van der Waals surface area (Å²) in [6.45, 7) is 5.82. The van der Waals surface area contributed by atoms with E-state index in [0.717, 1.165) is 0 Å². The van der Waals surface area contributed by atoms with Gasteiger partial charge in [-0.1, -0.05) is 42.5 Å². The van der Waals surface area contributed by atoms with Crippen molar-refractivity contribution in [2.24, 2.45) is 0 Å². The highest BCUT2D eigenvalue weighted by atomic mass is 14.0. The smallest absolute Gasteiger partial charge is 0.0270 e. The minimum absolute atomic E-state index is 1.19. The first kappa shape index (κ1) is 8.06. The van der Waals surface area contributed by atoms with Gasteiger partial charge >= 0.3 is 0 Å². The molecule has 58 valence electrons. The number of hydrogen-bond acceptors (Lipinski definition) is 0. The molecule has 0 amide bonds. The standard InChI is InChI=1S/C11H14/c1-3-4-8-11-9-6-5-7-10(11)2/h3-4,6,8-9H,1,5,7H2,2H3/b8-4-. The Morgan fingerprint density at radius 3 is 3.00 bits per heavy atom. The van der Waals surface area contributed by atoms with E-state index in [2.05, 4.69) is 31.7 Å². The quantitative estimate of drug-likeness (QED) is 0.524. The third-order valence-electron chi connectivity index (χ3n) is 1.89. The lowest BCUT2D eigenvalue weighted by atomic mass is 9.99. The molecule has 0 aliphatic heterocycles. The maximum Gasteiger partial charge on any atom is -0.0270 e. The molecule has 0 saturated carbocycles. The second kappa shape index (κ2) is 3.97. The molecule has 0 aromatic heterocycles. The van der Waals surface area contributed by atoms with E-state index in [9.17, 15) is 0 Å². The van der Waals surface area contributed by atoms with Gasteiger partial charge in [0.15, 0.2) is 0 Å². The fourth-order valence-electron chi connectivity index (χ4n) is 1.17. The van der Waals surface area contributed by atoms with Gasteiger partial charge in [0, 0.05) is 0 Å². The van der Waals surface area contributed by atoms with Gasteiger partial charge in [-0.2, -0.15) is 0 Å². The van der Waals surface area contributed by atoms with Crippen LogP contribution in [0.5, 0.6) is 0 Å². The molecule has 0 radical (unpaired) electrons. The third kappa shape index (κ3) is 2.23. The fourth-order valence-corrected chi connectivity index (χ4v) is 1.17. The van der Waals surface area contributed by atoms with Crippen molar-refractivity contribution in [2.45, 2.75) is 19.8 Å². The van der Waals surface area contributed by atoms with Crippen LogP contribution >= 0.6 is 0 Å². The van der Waals surface area contributed by atoms with Crippen molar-refractivity contribution in [1.82, 2.24) is 0 Å². The zero-order chi connectivity index (χ0) is 8.10. The highest BCUT2D eigenvalue weighted by molar-refractivity contribution is 5.38. The van der Waals surface area contributed by atoms with E-state index in [-0.39, 0.29) is 0 Å². The lowest BCUT2D eigenvalue weighted by Crippen LogP contribution is -1.87. The topological polar surface area (TPSA) is 0 Å². The number of rotatable bonds is 2. The largest absolute Gasteiger partial charge is 0.0991 e. The molecule has 1 aliphatic rings. The highest BCUT2D eigenvalue weighted by Crippen LogP contribution is 2.18. The first-order chi connectivity index (χ1) is 5.34. The van der Waals surface area contributed by atoms with Gasteiger partial charge in [0.05, 0.1) is 0 Å². The number of hydrogen-bond donors (Lipinski definition) is 0. The van der Waals surface area contributed by atoms with Crippen molar-refractivity contribution in [3.05, 3.63) is 48.1 Å². The second-order valence-electron chi connectivity index (χ2n) is 2.77. The van der Waals surface area contributed by atoms with Gasteiger partial charge < -0.3 is 0 Å². The molecule has 0 unspecified atom stereocenters. The molecule has 0 heterocycles. The van der Waals surface area contributed by atoms with Crippen LogP contribution in [0.15, 0.2) is 48.1 Å². The molecule has 1 rings (SSSR count). The Balaban J connectivity index is 2.75. The Labute approximate surface area is 68.6 Å². The summed E-state index contributed by atoms with van der Waals surface area (Å²) in [5.41, 5.74) is 2.82. The predicted molar refractivity (Wildman–Crippen MR) is 50.4 cm³/mol. The monoisotopic (exact) mass is 146 g/mol. The summed E-state index contributed by atoms with van der Waals surface area (Å²) in [7, 11) is 0. The molecule has 0 aromatic carbocycles. The molecule has 0 spiro atoms. The van der Waals surface area contributed by atoms with Crippen LogP contribution in [0, 0.1) is 0 Å². The maximum atomic E-state index is 3.64. The highest BCUT2D eigenvalue weighted by Gasteiger charge is 1.98. The van der Waals surface area contributed by atoms with Crippen LogP contribution in [-0.2, 0) is 0 Å². The van der Waals surface area contributed by atoms with Crippen LogP contribution in [0.2, 0.25) is 0 Å². The molecule has 0 saturated heterocycles. The van der Waals surface area contributed by atoms with Gasteiger partial charge in [-0.05, 0) is 25.3 Å². The van der Waals surface area contributed by atoms with Crippen molar-refractivity contribution in [2.75, 3.05) is 0 Å². The van der Waals surface area contributed by atoms with E-state index in [1.807, 2.05) is 12.2 Å². The lowest BCUT2D eigenvalue weighted by molar-refractivity contribution is 0.948. The minimum Gasteiger partial charge on any atom is -0.0991 e. The molecular formula is C11H14. The zero-order valence-electron chi connectivity index (χ0n) is 7.01. The van der Waals surface area contributed by atoms with Crippen LogP contribution < -0.4 is 0 Å². The molecule has 0 N–H and O–H groups in total. The van der Waals surface area contributed by atoms with Crippen molar-refractivity contribution < 1.29 is 0 Å². The van der Waals surface area contributed by atoms with Crippen LogP contribution in [0.25, 0.3) is 0 Å². The minimum atomic E-state index is 1.19. The molecule has 0 fully saturated rings. The van der Waals surface area contributed by atoms with Gasteiger partial charge in [0.1, 0.15) is 0 Å². The molecule has 0 atom stereocenters. The van der Waals surface area contributed by atoms with E-state index in [4.69, 9.17) is 0 Å². The second-order valence-corrected chi connectivity index (χ2v) is 2.77. The fraction of sp³-hybridized carbons (Fsp3) is 0.273. The average Bonchev–Trinajstić information content (AvgIpc) is 2.03. The van der Waals surface area contributed by atoms with E-state index in [1.165, 1.54) is 24.0 Å². The zero-order valence-corrected chi connectivity index (χ0v) is 7.01. The van der Waals surface area contributed by atoms with Crippen molar-refractivity contribution in [3.63, 3.8) is 0 Å². The Morgan fingerprint density at radius 2 is 2.36 bits per heavy atom. The summed E-state index contributed by atoms with van der Waals surface area (Å²) < 4.78 is 0. The summed E-state index contributed by atoms with van der Waals surface area (Å²) in [5, 5.41) is 0. The Kier molecular flexibility index (Phi) is 2.91. The maximum absolute atomic E-state index is 3.64. The van der Waals surface area contributed by atoms with Crippen molar-refractivity contribution in [1.29, 1.82) is 0 Å². The van der Waals surface area contributed by atoms with Gasteiger partial charge in [0.25, 0.3) is 0 Å². The van der Waals surface area contributed by atoms with Crippen LogP contribution in [0.4, 0.5) is 0 Å². The molecular weight excluding hydrogens is 132 g/mol. The summed E-state index contributed by atoms with van der Waals surface area (Å²) >= 11 is 0. The van der Waals surface area contributed by atoms with E-state index in [1.54, 1.807) is 0 Å². The van der Waals surface area contributed by atoms with Gasteiger partial charge in [-0.15, -0.1) is 0 Å². The van der Waals surface area contributed by atoms with E-state index >= 15 is 0 Å². The Hall–Kier alpha value is -1.04. The van der Waals surface area contributed by atoms with Crippen LogP contribution in [0.3, 0.4) is 0 Å². The molecule has 0 heteroatoms. The Morgan fingerprint density at radius 1 is 1.55 bits per heavy atom. The molecule has 0 bridgehead atoms. The van der Waals surface area contributed by atoms with E-state index < -0.39 is 0 Å². The normalized spacial score (nSPS) is 17.9. The van der Waals surface area contributed by atoms with E-state index in [0.29, 0.717) is 0 Å². The SMILES string of the molecule is C=C/C=C\C1=C(C)CCC=C1. The van der Waals surface area contributed by atoms with Crippen molar-refractivity contribution in [3.8, 4) is 0 Å². The third-order valence-corrected chi connectivity index (χ3v) is 1.89. The number of allylic oxidation sites excluding steroid dienone is 7. The Bertz CT molecular complexity index is 226. The summed E-state index contributed by atoms with van der Waals surface area (Å²) in [6, 6.07) is 0. The first-order valence-corrected chi connectivity index (χ1v) is 4.00. The summed E-state index contributed by atoms with van der Waals surface area (Å²) in [4.78, 5) is 0. The van der Waals surface area contributed by atoms with Gasteiger partial charge in [0.2, 0.25) is 0 Å². The summed E-state index contributed by atoms with van der Waals surface area (Å²) in [5.74, 6) is 0. The van der Waals surface area contributed by atoms with Crippen LogP contribution in [-0.4, -0.2) is 0 Å². The molecule has 1 aliphatic carbocycles. The average molecular weight is 146 g/mol. The van der Waals surface area contributed by atoms with Gasteiger partial charge in [-0.25, -0.2) is 0 Å². The molecule has 0 aromatic rings. The van der Waals surface area contributed by atoms with Crippen LogP contribution in [0.1, 0.15) is 19.8 Å². The van der Waals surface area contributed by atoms with Gasteiger partial charge in [-0.3, -0.25) is 0 Å². The first-order valence-electron chi connectivity index (χ1n) is 4.00. The molecule has 11 heavy (non-hydrogen) atoms. The summed E-state index contributed by atoms with van der Waals surface area (Å²) in [6.07, 6.45) is 12.7. The predicted octanol–water partition coefficient (Wildman–Crippen LogP) is 3.40.